The number of fused-ring (bicyclic) bond motifs is 1. The van der Waals surface area contributed by atoms with E-state index in [2.05, 4.69) is 19.9 Å². The van der Waals surface area contributed by atoms with Crippen LogP contribution in [0.2, 0.25) is 5.02 Å². The van der Waals surface area contributed by atoms with Crippen molar-refractivity contribution in [3.63, 3.8) is 0 Å². The van der Waals surface area contributed by atoms with E-state index in [4.69, 9.17) is 11.6 Å². The average molecular weight is 403 g/mol. The average Bonchev–Trinajstić information content (AvgIpc) is 3.05. The fraction of sp³-hybridized carbons (Fsp3) is 0.150. The van der Waals surface area contributed by atoms with Crippen molar-refractivity contribution in [2.75, 3.05) is 0 Å². The van der Waals surface area contributed by atoms with E-state index in [9.17, 15) is 13.2 Å². The minimum atomic E-state index is -4.43. The zero-order chi connectivity index (χ0) is 19.7. The molecule has 28 heavy (non-hydrogen) atoms. The van der Waals surface area contributed by atoms with Gasteiger partial charge in [0.1, 0.15) is 11.3 Å². The second-order valence-electron chi connectivity index (χ2n) is 6.42. The maximum atomic E-state index is 12.6. The first-order valence-corrected chi connectivity index (χ1v) is 8.84. The number of H-pyrrole nitrogens is 1. The van der Waals surface area contributed by atoms with Gasteiger partial charge in [0.05, 0.1) is 5.02 Å². The number of pyridine rings is 3. The van der Waals surface area contributed by atoms with Gasteiger partial charge in [-0.1, -0.05) is 23.7 Å². The Morgan fingerprint density at radius 3 is 2.32 bits per heavy atom. The third-order valence-corrected chi connectivity index (χ3v) is 4.57. The summed E-state index contributed by atoms with van der Waals surface area (Å²) in [6.45, 7) is 0. The van der Waals surface area contributed by atoms with Crippen molar-refractivity contribution in [2.24, 2.45) is 0 Å². The Labute approximate surface area is 163 Å². The molecule has 0 radical (unpaired) electrons. The van der Waals surface area contributed by atoms with Crippen molar-refractivity contribution in [3.05, 3.63) is 88.2 Å². The van der Waals surface area contributed by atoms with E-state index in [1.165, 1.54) is 12.3 Å². The predicted octanol–water partition coefficient (Wildman–Crippen LogP) is 5.21. The fourth-order valence-electron chi connectivity index (χ4n) is 2.97. The predicted molar refractivity (Wildman–Crippen MR) is 100 cm³/mol. The lowest BCUT2D eigenvalue weighted by Gasteiger charge is -2.07. The van der Waals surface area contributed by atoms with Crippen molar-refractivity contribution < 1.29 is 13.2 Å². The number of hydrogen-bond acceptors (Lipinski definition) is 3. The molecule has 4 aromatic heterocycles. The number of nitrogens with one attached hydrogen (secondary N) is 1. The number of nitrogens with zero attached hydrogens (tertiary/aromatic N) is 3. The molecule has 0 bridgehead atoms. The molecule has 0 saturated carbocycles. The van der Waals surface area contributed by atoms with E-state index in [0.29, 0.717) is 23.4 Å². The molecule has 4 heterocycles. The minimum Gasteiger partial charge on any atom is -0.346 e. The number of rotatable bonds is 4. The lowest BCUT2D eigenvalue weighted by atomic mass is 10.1. The Morgan fingerprint density at radius 1 is 0.893 bits per heavy atom. The van der Waals surface area contributed by atoms with Crippen LogP contribution in [0.1, 0.15) is 28.1 Å². The molecule has 0 spiro atoms. The Bertz CT molecular complexity index is 1100. The zero-order valence-electron chi connectivity index (χ0n) is 14.5. The highest BCUT2D eigenvalue weighted by atomic mass is 35.5. The van der Waals surface area contributed by atoms with Crippen LogP contribution in [0.5, 0.6) is 0 Å². The maximum Gasteiger partial charge on any atom is 0.433 e. The minimum absolute atomic E-state index is 0.415. The van der Waals surface area contributed by atoms with Crippen molar-refractivity contribution in [2.45, 2.75) is 19.0 Å². The molecule has 0 aliphatic carbocycles. The summed E-state index contributed by atoms with van der Waals surface area (Å²) in [5, 5.41) is 1.54. The van der Waals surface area contributed by atoms with Crippen molar-refractivity contribution in [1.29, 1.82) is 0 Å². The highest BCUT2D eigenvalue weighted by Gasteiger charge is 2.31. The van der Waals surface area contributed by atoms with Crippen LogP contribution in [0.25, 0.3) is 11.0 Å². The number of hydrogen-bond donors (Lipinski definition) is 1. The molecule has 0 atom stereocenters. The smallest absolute Gasteiger partial charge is 0.346 e. The SMILES string of the molecule is FC(F)(F)c1ccc(Cc2ccc(Cc3c[nH]c4ncc(Cl)cc34)cn2)cn1. The summed E-state index contributed by atoms with van der Waals surface area (Å²) in [6.07, 6.45) is 3.15. The van der Waals surface area contributed by atoms with Crippen LogP contribution in [0.15, 0.2) is 55.1 Å². The van der Waals surface area contributed by atoms with Gasteiger partial charge in [0.25, 0.3) is 0 Å². The van der Waals surface area contributed by atoms with Gasteiger partial charge in [0.15, 0.2) is 0 Å². The van der Waals surface area contributed by atoms with Gasteiger partial charge in [-0.3, -0.25) is 9.97 Å². The van der Waals surface area contributed by atoms with Gasteiger partial charge in [-0.2, -0.15) is 13.2 Å². The molecule has 0 unspecified atom stereocenters. The zero-order valence-corrected chi connectivity index (χ0v) is 15.2. The molecule has 142 valence electrons. The van der Waals surface area contributed by atoms with Gasteiger partial charge in [-0.15, -0.1) is 0 Å². The van der Waals surface area contributed by atoms with E-state index in [-0.39, 0.29) is 0 Å². The summed E-state index contributed by atoms with van der Waals surface area (Å²) < 4.78 is 37.7. The molecule has 0 amide bonds. The van der Waals surface area contributed by atoms with Crippen LogP contribution in [-0.4, -0.2) is 19.9 Å². The van der Waals surface area contributed by atoms with E-state index < -0.39 is 11.9 Å². The molecular weight excluding hydrogens is 389 g/mol. The third kappa shape index (κ3) is 3.99. The van der Waals surface area contributed by atoms with Gasteiger partial charge in [-0.25, -0.2) is 4.98 Å². The lowest BCUT2D eigenvalue weighted by molar-refractivity contribution is -0.141. The third-order valence-electron chi connectivity index (χ3n) is 4.36. The molecule has 0 aliphatic heterocycles. The van der Waals surface area contributed by atoms with Crippen molar-refractivity contribution >= 4 is 22.6 Å². The Morgan fingerprint density at radius 2 is 1.64 bits per heavy atom. The van der Waals surface area contributed by atoms with E-state index in [1.807, 2.05) is 24.4 Å². The Kier molecular flexibility index (Phi) is 4.77. The molecule has 0 aliphatic rings. The second-order valence-corrected chi connectivity index (χ2v) is 6.86. The van der Waals surface area contributed by atoms with Gasteiger partial charge in [0, 0.05) is 48.7 Å². The number of aromatic nitrogens is 4. The van der Waals surface area contributed by atoms with E-state index in [1.54, 1.807) is 12.4 Å². The summed E-state index contributed by atoms with van der Waals surface area (Å²) in [6, 6.07) is 8.10. The first-order chi connectivity index (χ1) is 13.4. The summed E-state index contributed by atoms with van der Waals surface area (Å²) >= 11 is 6.03. The first-order valence-electron chi connectivity index (χ1n) is 8.46. The van der Waals surface area contributed by atoms with Gasteiger partial charge >= 0.3 is 6.18 Å². The van der Waals surface area contributed by atoms with E-state index >= 15 is 0 Å². The van der Waals surface area contributed by atoms with Gasteiger partial charge in [0.2, 0.25) is 0 Å². The molecule has 1 N–H and O–H groups in total. The molecule has 4 aromatic rings. The number of aromatic amines is 1. The van der Waals surface area contributed by atoms with Crippen LogP contribution in [0, 0.1) is 0 Å². The van der Waals surface area contributed by atoms with Gasteiger partial charge in [-0.05, 0) is 34.9 Å². The quantitative estimate of drug-likeness (QED) is 0.510. The molecule has 0 fully saturated rings. The molecule has 4 nitrogen and oxygen atoms in total. The fourth-order valence-corrected chi connectivity index (χ4v) is 3.13. The molecule has 8 heteroatoms. The van der Waals surface area contributed by atoms with Crippen LogP contribution in [-0.2, 0) is 19.0 Å². The number of alkyl halides is 3. The van der Waals surface area contributed by atoms with Gasteiger partial charge < -0.3 is 4.98 Å². The Hall–Kier alpha value is -2.93. The van der Waals surface area contributed by atoms with E-state index in [0.717, 1.165) is 33.9 Å². The molecule has 4 rings (SSSR count). The normalized spacial score (nSPS) is 11.9. The molecular formula is C20H14ClF3N4. The lowest BCUT2D eigenvalue weighted by Crippen LogP contribution is -2.07. The maximum absolute atomic E-state index is 12.6. The highest BCUT2D eigenvalue weighted by molar-refractivity contribution is 6.31. The van der Waals surface area contributed by atoms with Crippen molar-refractivity contribution in [3.8, 4) is 0 Å². The highest BCUT2D eigenvalue weighted by Crippen LogP contribution is 2.27. The largest absolute Gasteiger partial charge is 0.433 e. The Balaban J connectivity index is 1.47. The first kappa shape index (κ1) is 18.4. The summed E-state index contributed by atoms with van der Waals surface area (Å²) in [7, 11) is 0. The molecule has 0 saturated heterocycles. The summed E-state index contributed by atoms with van der Waals surface area (Å²) in [5.74, 6) is 0. The van der Waals surface area contributed by atoms with Crippen LogP contribution in [0.3, 0.4) is 0 Å². The van der Waals surface area contributed by atoms with Crippen LogP contribution < -0.4 is 0 Å². The molecule has 0 aromatic carbocycles. The van der Waals surface area contributed by atoms with Crippen LogP contribution in [0.4, 0.5) is 13.2 Å². The van der Waals surface area contributed by atoms with Crippen molar-refractivity contribution in [1.82, 2.24) is 19.9 Å². The standard InChI is InChI=1S/C20H14ClF3N4/c21-15-7-17-14(10-27-19(17)28-11-15)5-12-1-3-16(25-8-12)6-13-2-4-18(26-9-13)20(22,23)24/h1-4,7-11H,5-6H2,(H,27,28). The topological polar surface area (TPSA) is 54.5 Å². The monoisotopic (exact) mass is 402 g/mol. The second kappa shape index (κ2) is 7.24. The summed E-state index contributed by atoms with van der Waals surface area (Å²) in [5.41, 5.74) is 3.38. The summed E-state index contributed by atoms with van der Waals surface area (Å²) in [4.78, 5) is 15.3. The number of halogens is 4. The van der Waals surface area contributed by atoms with Crippen LogP contribution >= 0.6 is 11.6 Å².